The number of morpholine rings is 1. The molecule has 0 atom stereocenters. The van der Waals surface area contributed by atoms with Gasteiger partial charge in [-0.1, -0.05) is 12.1 Å². The number of amides is 1. The number of aryl methyl sites for hydroxylation is 2. The number of hydrogen-bond acceptors (Lipinski definition) is 5. The van der Waals surface area contributed by atoms with E-state index in [0.717, 1.165) is 43.9 Å². The number of hydrogen-bond donors (Lipinski definition) is 1. The van der Waals surface area contributed by atoms with E-state index in [0.29, 0.717) is 18.8 Å². The second-order valence-electron chi connectivity index (χ2n) is 6.20. The maximum absolute atomic E-state index is 12.4. The van der Waals surface area contributed by atoms with E-state index in [9.17, 15) is 9.59 Å². The summed E-state index contributed by atoms with van der Waals surface area (Å²) in [5.41, 5.74) is 1.85. The Balaban J connectivity index is 1.56. The van der Waals surface area contributed by atoms with Crippen LogP contribution in [0.1, 0.15) is 12.1 Å². The Morgan fingerprint density at radius 1 is 1.24 bits per heavy atom. The third-order valence-electron chi connectivity index (χ3n) is 4.43. The van der Waals surface area contributed by atoms with Gasteiger partial charge in [0, 0.05) is 39.1 Å². The molecule has 7 nitrogen and oxygen atoms in total. The predicted octanol–water partition coefficient (Wildman–Crippen LogP) is 0.543. The summed E-state index contributed by atoms with van der Waals surface area (Å²) < 4.78 is 6.94. The van der Waals surface area contributed by atoms with Crippen LogP contribution in [0.5, 0.6) is 0 Å². The molecule has 2 heterocycles. The number of carbonyl (C=O) groups is 1. The van der Waals surface area contributed by atoms with Crippen LogP contribution in [0.3, 0.4) is 0 Å². The molecule has 1 saturated heterocycles. The van der Waals surface area contributed by atoms with Crippen LogP contribution < -0.4 is 10.9 Å². The van der Waals surface area contributed by atoms with E-state index < -0.39 is 0 Å². The molecule has 1 aromatic carbocycles. The molecule has 134 valence electrons. The van der Waals surface area contributed by atoms with Crippen molar-refractivity contribution >= 4 is 16.9 Å². The Kier molecular flexibility index (Phi) is 5.78. The summed E-state index contributed by atoms with van der Waals surface area (Å²) >= 11 is 0. The van der Waals surface area contributed by atoms with Crippen molar-refractivity contribution in [1.29, 1.82) is 0 Å². The van der Waals surface area contributed by atoms with Crippen LogP contribution in [0.15, 0.2) is 29.1 Å². The molecule has 0 spiro atoms. The first-order valence-electron chi connectivity index (χ1n) is 8.68. The lowest BCUT2D eigenvalue weighted by atomic mass is 10.2. The number of rotatable bonds is 6. The molecule has 1 fully saturated rings. The molecular weight excluding hydrogens is 320 g/mol. The average Bonchev–Trinajstić information content (AvgIpc) is 2.63. The summed E-state index contributed by atoms with van der Waals surface area (Å²) in [6.45, 7) is 6.83. The lowest BCUT2D eigenvalue weighted by molar-refractivity contribution is -0.121. The van der Waals surface area contributed by atoms with Gasteiger partial charge in [0.1, 0.15) is 5.69 Å². The van der Waals surface area contributed by atoms with Crippen molar-refractivity contribution in [2.75, 3.05) is 39.4 Å². The second kappa shape index (κ2) is 8.22. The molecule has 7 heteroatoms. The molecule has 1 aliphatic heterocycles. The van der Waals surface area contributed by atoms with E-state index in [1.807, 2.05) is 24.3 Å². The smallest absolute Gasteiger partial charge is 0.272 e. The van der Waals surface area contributed by atoms with Crippen LogP contribution in [0.2, 0.25) is 0 Å². The summed E-state index contributed by atoms with van der Waals surface area (Å²) in [4.78, 5) is 31.1. The summed E-state index contributed by atoms with van der Waals surface area (Å²) in [7, 11) is 0. The van der Waals surface area contributed by atoms with Gasteiger partial charge in [0.15, 0.2) is 0 Å². The van der Waals surface area contributed by atoms with Crippen LogP contribution in [0, 0.1) is 6.92 Å². The van der Waals surface area contributed by atoms with Crippen molar-refractivity contribution in [3.8, 4) is 0 Å². The molecule has 0 aliphatic carbocycles. The molecule has 25 heavy (non-hydrogen) atoms. The first kappa shape index (κ1) is 17.6. The van der Waals surface area contributed by atoms with Gasteiger partial charge >= 0.3 is 0 Å². The van der Waals surface area contributed by atoms with Gasteiger partial charge in [0.25, 0.3) is 5.56 Å². The molecule has 0 unspecified atom stereocenters. The average molecular weight is 344 g/mol. The highest BCUT2D eigenvalue weighted by molar-refractivity contribution is 5.77. The van der Waals surface area contributed by atoms with E-state index in [4.69, 9.17) is 4.74 Å². The Bertz CT molecular complexity index is 796. The summed E-state index contributed by atoms with van der Waals surface area (Å²) in [5, 5.41) is 2.93. The topological polar surface area (TPSA) is 76.5 Å². The van der Waals surface area contributed by atoms with Gasteiger partial charge in [-0.2, -0.15) is 0 Å². The van der Waals surface area contributed by atoms with E-state index in [1.165, 1.54) is 0 Å². The maximum atomic E-state index is 12.4. The highest BCUT2D eigenvalue weighted by Gasteiger charge is 2.12. The summed E-state index contributed by atoms with van der Waals surface area (Å²) in [6, 6.07) is 7.50. The first-order chi connectivity index (χ1) is 12.1. The molecule has 0 bridgehead atoms. The third-order valence-corrected chi connectivity index (χ3v) is 4.43. The fourth-order valence-electron chi connectivity index (χ4n) is 3.02. The number of aromatic nitrogens is 2. The second-order valence-corrected chi connectivity index (χ2v) is 6.20. The third kappa shape index (κ3) is 4.43. The van der Waals surface area contributed by atoms with Gasteiger partial charge in [-0.25, -0.2) is 4.98 Å². The van der Waals surface area contributed by atoms with Crippen molar-refractivity contribution in [3.63, 3.8) is 0 Å². The van der Waals surface area contributed by atoms with Crippen LogP contribution in [-0.4, -0.2) is 59.8 Å². The van der Waals surface area contributed by atoms with E-state index >= 15 is 0 Å². The maximum Gasteiger partial charge on any atom is 0.272 e. The van der Waals surface area contributed by atoms with Gasteiger partial charge in [-0.3, -0.25) is 14.5 Å². The molecule has 1 amide bonds. The number of ether oxygens (including phenoxy) is 1. The zero-order chi connectivity index (χ0) is 17.6. The minimum Gasteiger partial charge on any atom is -0.379 e. The highest BCUT2D eigenvalue weighted by atomic mass is 16.5. The molecule has 1 aliphatic rings. The largest absolute Gasteiger partial charge is 0.379 e. The molecule has 2 aromatic rings. The fraction of sp³-hybridized carbons (Fsp3) is 0.500. The van der Waals surface area contributed by atoms with Crippen LogP contribution in [-0.2, 0) is 16.1 Å². The van der Waals surface area contributed by atoms with Gasteiger partial charge in [-0.15, -0.1) is 0 Å². The van der Waals surface area contributed by atoms with Gasteiger partial charge in [0.05, 0.1) is 24.2 Å². The van der Waals surface area contributed by atoms with Crippen molar-refractivity contribution < 1.29 is 9.53 Å². The lowest BCUT2D eigenvalue weighted by Gasteiger charge is -2.26. The fourth-order valence-corrected chi connectivity index (χ4v) is 3.02. The number of nitrogens with one attached hydrogen (secondary N) is 1. The summed E-state index contributed by atoms with van der Waals surface area (Å²) in [5.74, 6) is -0.0429. The van der Waals surface area contributed by atoms with E-state index in [-0.39, 0.29) is 17.9 Å². The number of nitrogens with zero attached hydrogens (tertiary/aromatic N) is 3. The monoisotopic (exact) mass is 344 g/mol. The standard InChI is InChI=1S/C18H24N4O3/c1-14-18(24)22(16-5-3-2-4-15(16)20-14)8-6-17(23)19-7-9-21-10-12-25-13-11-21/h2-5H,6-13H2,1H3,(H,19,23). The predicted molar refractivity (Wildman–Crippen MR) is 95.6 cm³/mol. The molecule has 3 rings (SSSR count). The Morgan fingerprint density at radius 3 is 2.80 bits per heavy atom. The molecule has 0 saturated carbocycles. The molecule has 1 N–H and O–H groups in total. The van der Waals surface area contributed by atoms with Crippen LogP contribution in [0.25, 0.3) is 11.0 Å². The highest BCUT2D eigenvalue weighted by Crippen LogP contribution is 2.10. The van der Waals surface area contributed by atoms with Crippen molar-refractivity contribution in [2.45, 2.75) is 19.9 Å². The lowest BCUT2D eigenvalue weighted by Crippen LogP contribution is -2.41. The summed E-state index contributed by atoms with van der Waals surface area (Å²) in [6.07, 6.45) is 0.274. The number of benzene rings is 1. The van der Waals surface area contributed by atoms with Crippen molar-refractivity contribution in [1.82, 2.24) is 19.8 Å². The molecular formula is C18H24N4O3. The Labute approximate surface area is 146 Å². The van der Waals surface area contributed by atoms with Crippen LogP contribution in [0.4, 0.5) is 0 Å². The zero-order valence-corrected chi connectivity index (χ0v) is 14.5. The van der Waals surface area contributed by atoms with Gasteiger partial charge < -0.3 is 14.6 Å². The zero-order valence-electron chi connectivity index (χ0n) is 14.5. The number of carbonyl (C=O) groups excluding carboxylic acids is 1. The van der Waals surface area contributed by atoms with E-state index in [2.05, 4.69) is 15.2 Å². The molecule has 1 aromatic heterocycles. The minimum atomic E-state index is -0.139. The van der Waals surface area contributed by atoms with Gasteiger partial charge in [0.2, 0.25) is 5.91 Å². The number of fused-ring (bicyclic) bond motifs is 1. The molecule has 0 radical (unpaired) electrons. The Hall–Kier alpha value is -2.25. The van der Waals surface area contributed by atoms with E-state index in [1.54, 1.807) is 11.5 Å². The van der Waals surface area contributed by atoms with Gasteiger partial charge in [-0.05, 0) is 19.1 Å². The van der Waals surface area contributed by atoms with Crippen molar-refractivity contribution in [3.05, 3.63) is 40.3 Å². The number of para-hydroxylation sites is 2. The first-order valence-corrected chi connectivity index (χ1v) is 8.68. The van der Waals surface area contributed by atoms with Crippen LogP contribution >= 0.6 is 0 Å². The Morgan fingerprint density at radius 2 is 2.00 bits per heavy atom. The van der Waals surface area contributed by atoms with Crippen molar-refractivity contribution in [2.24, 2.45) is 0 Å². The minimum absolute atomic E-state index is 0.0429. The SMILES string of the molecule is Cc1nc2ccccc2n(CCC(=O)NCCN2CCOCC2)c1=O. The normalized spacial score (nSPS) is 15.4. The quantitative estimate of drug-likeness (QED) is 0.828.